The molecule has 8 nitrogen and oxygen atoms in total. The third-order valence-corrected chi connectivity index (χ3v) is 6.17. The minimum Gasteiger partial charge on any atom is -0.493 e. The van der Waals surface area contributed by atoms with Crippen LogP contribution in [-0.2, 0) is 14.8 Å². The summed E-state index contributed by atoms with van der Waals surface area (Å²) in [6, 6.07) is 9.48. The summed E-state index contributed by atoms with van der Waals surface area (Å²) >= 11 is 0. The summed E-state index contributed by atoms with van der Waals surface area (Å²) in [5, 5.41) is 2.73. The predicted octanol–water partition coefficient (Wildman–Crippen LogP) is 2.67. The fourth-order valence-corrected chi connectivity index (χ4v) is 4.30. The van der Waals surface area contributed by atoms with E-state index in [1.54, 1.807) is 12.1 Å². The fraction of sp³-hybridized carbons (Fsp3) is 0.409. The van der Waals surface area contributed by atoms with E-state index in [1.165, 1.54) is 27.2 Å². The van der Waals surface area contributed by atoms with E-state index in [1.807, 2.05) is 32.0 Å². The number of rotatable bonds is 10. The highest BCUT2D eigenvalue weighted by Gasteiger charge is 2.29. The highest BCUT2D eigenvalue weighted by atomic mass is 32.2. The molecule has 0 aliphatic carbocycles. The number of methoxy groups -OCH3 is 2. The lowest BCUT2D eigenvalue weighted by Crippen LogP contribution is -2.48. The molecule has 0 bridgehead atoms. The Kier molecular flexibility index (Phi) is 8.15. The van der Waals surface area contributed by atoms with Crippen molar-refractivity contribution in [3.63, 3.8) is 0 Å². The summed E-state index contributed by atoms with van der Waals surface area (Å²) in [7, 11) is -0.801. The molecule has 0 radical (unpaired) electrons. The Hall–Kier alpha value is -2.94. The highest BCUT2D eigenvalue weighted by molar-refractivity contribution is 7.92. The molecule has 0 aromatic heterocycles. The SMILES string of the molecule is COc1ccc(N([C@H](C)C(=O)NCCOc2cccc(C)c2C)S(C)(=O)=O)cc1OC. The van der Waals surface area contributed by atoms with Gasteiger partial charge in [0.1, 0.15) is 18.4 Å². The van der Waals surface area contributed by atoms with Gasteiger partial charge < -0.3 is 19.5 Å². The Bertz CT molecular complexity index is 1020. The number of carbonyl (C=O) groups excluding carboxylic acids is 1. The zero-order chi connectivity index (χ0) is 23.2. The molecule has 2 aromatic carbocycles. The molecule has 31 heavy (non-hydrogen) atoms. The molecule has 9 heteroatoms. The second kappa shape index (κ2) is 10.4. The van der Waals surface area contributed by atoms with Crippen LogP contribution in [-0.4, -0.2) is 54.0 Å². The average molecular weight is 451 g/mol. The van der Waals surface area contributed by atoms with Crippen LogP contribution in [0.4, 0.5) is 5.69 Å². The summed E-state index contributed by atoms with van der Waals surface area (Å²) < 4.78 is 42.2. The minimum absolute atomic E-state index is 0.236. The van der Waals surface area contributed by atoms with Gasteiger partial charge in [0, 0.05) is 6.07 Å². The lowest BCUT2D eigenvalue weighted by Gasteiger charge is -2.28. The van der Waals surface area contributed by atoms with E-state index in [4.69, 9.17) is 14.2 Å². The summed E-state index contributed by atoms with van der Waals surface area (Å²) in [4.78, 5) is 12.7. The number of aryl methyl sites for hydroxylation is 1. The fourth-order valence-electron chi connectivity index (χ4n) is 3.13. The van der Waals surface area contributed by atoms with Crippen LogP contribution >= 0.6 is 0 Å². The largest absolute Gasteiger partial charge is 0.493 e. The maximum absolute atomic E-state index is 12.7. The van der Waals surface area contributed by atoms with Gasteiger partial charge in [0.25, 0.3) is 0 Å². The van der Waals surface area contributed by atoms with Gasteiger partial charge in [-0.25, -0.2) is 8.42 Å². The van der Waals surface area contributed by atoms with Crippen molar-refractivity contribution in [2.24, 2.45) is 0 Å². The highest BCUT2D eigenvalue weighted by Crippen LogP contribution is 2.33. The molecule has 2 rings (SSSR count). The van der Waals surface area contributed by atoms with Gasteiger partial charge in [-0.2, -0.15) is 0 Å². The van der Waals surface area contributed by atoms with Gasteiger partial charge in [-0.05, 0) is 50.1 Å². The van der Waals surface area contributed by atoms with E-state index in [2.05, 4.69) is 5.32 Å². The van der Waals surface area contributed by atoms with Crippen LogP contribution in [0, 0.1) is 13.8 Å². The number of sulfonamides is 1. The zero-order valence-corrected chi connectivity index (χ0v) is 19.6. The maximum atomic E-state index is 12.7. The number of hydrogen-bond acceptors (Lipinski definition) is 6. The van der Waals surface area contributed by atoms with Gasteiger partial charge in [0.15, 0.2) is 11.5 Å². The molecule has 0 spiro atoms. The quantitative estimate of drug-likeness (QED) is 0.560. The van der Waals surface area contributed by atoms with Crippen molar-refractivity contribution in [2.75, 3.05) is 37.9 Å². The Balaban J connectivity index is 2.09. The number of anilines is 1. The standard InChI is InChI=1S/C22H30N2O6S/c1-15-8-7-9-19(16(15)2)30-13-12-23-22(25)17(3)24(31(6,26)27)18-10-11-20(28-4)21(14-18)29-5/h7-11,14,17H,12-13H2,1-6H3,(H,23,25)/t17-/m1/s1. The van der Waals surface area contributed by atoms with Gasteiger partial charge in [-0.3, -0.25) is 9.10 Å². The average Bonchev–Trinajstić information content (AvgIpc) is 2.72. The van der Waals surface area contributed by atoms with Crippen LogP contribution < -0.4 is 23.8 Å². The lowest BCUT2D eigenvalue weighted by molar-refractivity contribution is -0.121. The normalized spacial score (nSPS) is 12.1. The number of nitrogens with one attached hydrogen (secondary N) is 1. The first-order valence-corrected chi connectivity index (χ1v) is 11.6. The van der Waals surface area contributed by atoms with Crippen molar-refractivity contribution in [1.29, 1.82) is 0 Å². The van der Waals surface area contributed by atoms with Gasteiger partial charge in [0.05, 0.1) is 32.7 Å². The van der Waals surface area contributed by atoms with Gasteiger partial charge in [0.2, 0.25) is 15.9 Å². The number of nitrogens with zero attached hydrogens (tertiary/aromatic N) is 1. The molecule has 0 aliphatic heterocycles. The summed E-state index contributed by atoms with van der Waals surface area (Å²) in [6.45, 7) is 5.99. The predicted molar refractivity (Wildman–Crippen MR) is 121 cm³/mol. The smallest absolute Gasteiger partial charge is 0.243 e. The van der Waals surface area contributed by atoms with Crippen LogP contribution in [0.3, 0.4) is 0 Å². The monoisotopic (exact) mass is 450 g/mol. The first kappa shape index (κ1) is 24.3. The van der Waals surface area contributed by atoms with Crippen molar-refractivity contribution in [2.45, 2.75) is 26.8 Å². The molecule has 0 unspecified atom stereocenters. The third kappa shape index (κ3) is 6.04. The molecule has 170 valence electrons. The van der Waals surface area contributed by atoms with Gasteiger partial charge >= 0.3 is 0 Å². The Morgan fingerprint density at radius 1 is 1.06 bits per heavy atom. The van der Waals surface area contributed by atoms with Crippen molar-refractivity contribution >= 4 is 21.6 Å². The first-order valence-electron chi connectivity index (χ1n) is 9.78. The number of carbonyl (C=O) groups is 1. The molecule has 1 N–H and O–H groups in total. The second-order valence-corrected chi connectivity index (χ2v) is 8.97. The summed E-state index contributed by atoms with van der Waals surface area (Å²) in [5.41, 5.74) is 2.46. The van der Waals surface area contributed by atoms with Crippen molar-refractivity contribution in [1.82, 2.24) is 5.32 Å². The molecular formula is C22H30N2O6S. The van der Waals surface area contributed by atoms with E-state index in [0.717, 1.165) is 27.4 Å². The Labute approximate surface area is 184 Å². The van der Waals surface area contributed by atoms with Crippen LogP contribution in [0.5, 0.6) is 17.2 Å². The molecule has 0 saturated carbocycles. The maximum Gasteiger partial charge on any atom is 0.243 e. The number of ether oxygens (including phenoxy) is 3. The van der Waals surface area contributed by atoms with Crippen molar-refractivity contribution in [3.05, 3.63) is 47.5 Å². The number of hydrogen-bond donors (Lipinski definition) is 1. The number of benzene rings is 2. The van der Waals surface area contributed by atoms with E-state index in [-0.39, 0.29) is 13.2 Å². The molecular weight excluding hydrogens is 420 g/mol. The molecule has 0 fully saturated rings. The summed E-state index contributed by atoms with van der Waals surface area (Å²) in [5.74, 6) is 1.14. The van der Waals surface area contributed by atoms with E-state index < -0.39 is 22.0 Å². The van der Waals surface area contributed by atoms with E-state index in [9.17, 15) is 13.2 Å². The lowest BCUT2D eigenvalue weighted by atomic mass is 10.1. The summed E-state index contributed by atoms with van der Waals surface area (Å²) in [6.07, 6.45) is 1.05. The number of amides is 1. The van der Waals surface area contributed by atoms with Crippen LogP contribution in [0.15, 0.2) is 36.4 Å². The molecule has 0 heterocycles. The van der Waals surface area contributed by atoms with Gasteiger partial charge in [-0.1, -0.05) is 12.1 Å². The molecule has 1 atom stereocenters. The molecule has 0 saturated heterocycles. The van der Waals surface area contributed by atoms with Crippen LogP contribution in [0.25, 0.3) is 0 Å². The van der Waals surface area contributed by atoms with Crippen LogP contribution in [0.1, 0.15) is 18.1 Å². The Morgan fingerprint density at radius 2 is 1.74 bits per heavy atom. The molecule has 2 aromatic rings. The Morgan fingerprint density at radius 3 is 2.35 bits per heavy atom. The van der Waals surface area contributed by atoms with Crippen molar-refractivity contribution in [3.8, 4) is 17.2 Å². The van der Waals surface area contributed by atoms with E-state index in [0.29, 0.717) is 17.2 Å². The second-order valence-electron chi connectivity index (χ2n) is 7.11. The first-order chi connectivity index (χ1) is 14.6. The van der Waals surface area contributed by atoms with Gasteiger partial charge in [-0.15, -0.1) is 0 Å². The zero-order valence-electron chi connectivity index (χ0n) is 18.8. The minimum atomic E-state index is -3.75. The topological polar surface area (TPSA) is 94.2 Å². The van der Waals surface area contributed by atoms with Crippen LogP contribution in [0.2, 0.25) is 0 Å². The third-order valence-electron chi connectivity index (χ3n) is 4.92. The van der Waals surface area contributed by atoms with Crippen molar-refractivity contribution < 1.29 is 27.4 Å². The molecule has 0 aliphatic rings. The van der Waals surface area contributed by atoms with E-state index >= 15 is 0 Å². The molecule has 1 amide bonds.